The zero-order chi connectivity index (χ0) is 16.2. The van der Waals surface area contributed by atoms with E-state index in [9.17, 15) is 4.79 Å². The summed E-state index contributed by atoms with van der Waals surface area (Å²) >= 11 is 0. The van der Waals surface area contributed by atoms with Gasteiger partial charge in [-0.25, -0.2) is 4.79 Å². The van der Waals surface area contributed by atoms with Gasteiger partial charge in [-0.3, -0.25) is 4.98 Å². The molecule has 0 saturated heterocycles. The predicted octanol–water partition coefficient (Wildman–Crippen LogP) is 2.63. The molecule has 118 valence electrons. The number of rotatable bonds is 4. The van der Waals surface area contributed by atoms with E-state index in [0.717, 1.165) is 16.5 Å². The molecule has 1 aromatic heterocycles. The molecule has 0 spiro atoms. The molecule has 0 aliphatic heterocycles. The second kappa shape index (κ2) is 6.75. The van der Waals surface area contributed by atoms with Gasteiger partial charge in [0, 0.05) is 24.2 Å². The molecule has 5 nitrogen and oxygen atoms in total. The summed E-state index contributed by atoms with van der Waals surface area (Å²) in [7, 11) is 0. The maximum Gasteiger partial charge on any atom is 0.407 e. The number of hydrogen-bond acceptors (Lipinski definition) is 4. The normalized spacial score (nSPS) is 12.9. The van der Waals surface area contributed by atoms with Crippen molar-refractivity contribution in [3.8, 4) is 0 Å². The van der Waals surface area contributed by atoms with E-state index in [1.807, 2.05) is 51.1 Å². The largest absolute Gasteiger partial charge is 0.444 e. The van der Waals surface area contributed by atoms with Crippen LogP contribution in [0.2, 0.25) is 0 Å². The molecule has 1 atom stereocenters. The Hall–Kier alpha value is -2.14. The lowest BCUT2D eigenvalue weighted by molar-refractivity contribution is 0.0524. The topological polar surface area (TPSA) is 77.2 Å². The first-order valence-corrected chi connectivity index (χ1v) is 7.39. The molecule has 2 rings (SSSR count). The summed E-state index contributed by atoms with van der Waals surface area (Å²) in [5.74, 6) is 0. The zero-order valence-corrected chi connectivity index (χ0v) is 13.3. The summed E-state index contributed by atoms with van der Waals surface area (Å²) in [5.41, 5.74) is 7.62. The summed E-state index contributed by atoms with van der Waals surface area (Å²) in [4.78, 5) is 15.9. The Balaban J connectivity index is 1.88. The second-order valence-corrected chi connectivity index (χ2v) is 6.38. The fraction of sp³-hybridized carbons (Fsp3) is 0.412. The quantitative estimate of drug-likeness (QED) is 0.910. The molecular weight excluding hydrogens is 278 g/mol. The maximum atomic E-state index is 11.6. The highest BCUT2D eigenvalue weighted by atomic mass is 16.6. The van der Waals surface area contributed by atoms with Crippen molar-refractivity contribution in [2.24, 2.45) is 5.73 Å². The fourth-order valence-corrected chi connectivity index (χ4v) is 2.14. The minimum Gasteiger partial charge on any atom is -0.444 e. The van der Waals surface area contributed by atoms with E-state index in [2.05, 4.69) is 10.3 Å². The molecule has 22 heavy (non-hydrogen) atoms. The number of carbonyl (C=O) groups is 1. The number of pyridine rings is 1. The first kappa shape index (κ1) is 16.2. The Bertz CT molecular complexity index is 650. The summed E-state index contributed by atoms with van der Waals surface area (Å²) in [6.07, 6.45) is 2.00. The molecule has 0 fully saturated rings. The minimum atomic E-state index is -0.502. The van der Waals surface area contributed by atoms with Gasteiger partial charge in [0.2, 0.25) is 0 Å². The molecule has 2 aromatic rings. The van der Waals surface area contributed by atoms with Crippen LogP contribution in [0.1, 0.15) is 26.3 Å². The Morgan fingerprint density at radius 3 is 2.86 bits per heavy atom. The summed E-state index contributed by atoms with van der Waals surface area (Å²) < 4.78 is 5.18. The smallest absolute Gasteiger partial charge is 0.407 e. The maximum absolute atomic E-state index is 11.6. The highest BCUT2D eigenvalue weighted by molar-refractivity contribution is 5.78. The zero-order valence-electron chi connectivity index (χ0n) is 13.3. The van der Waals surface area contributed by atoms with E-state index in [4.69, 9.17) is 10.5 Å². The van der Waals surface area contributed by atoms with Crippen molar-refractivity contribution in [3.63, 3.8) is 0 Å². The van der Waals surface area contributed by atoms with Gasteiger partial charge in [0.05, 0.1) is 5.52 Å². The number of nitrogens with two attached hydrogens (primary N) is 1. The van der Waals surface area contributed by atoms with Gasteiger partial charge < -0.3 is 15.8 Å². The number of fused-ring (bicyclic) bond motifs is 1. The lowest BCUT2D eigenvalue weighted by atomic mass is 10.0. The van der Waals surface area contributed by atoms with Crippen LogP contribution in [0, 0.1) is 0 Å². The number of ether oxygens (including phenoxy) is 1. The van der Waals surface area contributed by atoms with Crippen LogP contribution >= 0.6 is 0 Å². The van der Waals surface area contributed by atoms with Crippen molar-refractivity contribution in [1.82, 2.24) is 10.3 Å². The number of benzene rings is 1. The summed E-state index contributed by atoms with van der Waals surface area (Å²) in [6, 6.07) is 9.87. The number of nitrogens with one attached hydrogen (secondary N) is 1. The molecule has 0 aliphatic carbocycles. The minimum absolute atomic E-state index is 0.173. The molecular formula is C17H23N3O2. The Labute approximate surface area is 130 Å². The number of amides is 1. The SMILES string of the molecule is CC(C)(C)OC(=O)NCC(N)Cc1ccc2cccnc2c1. The van der Waals surface area contributed by atoms with Crippen molar-refractivity contribution in [2.45, 2.75) is 38.8 Å². The summed E-state index contributed by atoms with van der Waals surface area (Å²) in [6.45, 7) is 5.85. The van der Waals surface area contributed by atoms with Crippen LogP contribution < -0.4 is 11.1 Å². The van der Waals surface area contributed by atoms with Gasteiger partial charge in [-0.15, -0.1) is 0 Å². The van der Waals surface area contributed by atoms with E-state index < -0.39 is 11.7 Å². The van der Waals surface area contributed by atoms with E-state index in [1.165, 1.54) is 0 Å². The molecule has 1 amide bonds. The highest BCUT2D eigenvalue weighted by Crippen LogP contribution is 2.14. The summed E-state index contributed by atoms with van der Waals surface area (Å²) in [5, 5.41) is 3.80. The molecule has 1 unspecified atom stereocenters. The van der Waals surface area contributed by atoms with Gasteiger partial charge in [0.1, 0.15) is 5.60 Å². The monoisotopic (exact) mass is 301 g/mol. The number of hydrogen-bond donors (Lipinski definition) is 2. The van der Waals surface area contributed by atoms with Gasteiger partial charge in [0.15, 0.2) is 0 Å². The standard InChI is InChI=1S/C17H23N3O2/c1-17(2,3)22-16(21)20-11-14(18)9-12-6-7-13-5-4-8-19-15(13)10-12/h4-8,10,14H,9,11,18H2,1-3H3,(H,20,21). The van der Waals surface area contributed by atoms with Crippen LogP contribution in [0.5, 0.6) is 0 Å². The van der Waals surface area contributed by atoms with Gasteiger partial charge in [0.25, 0.3) is 0 Å². The molecule has 0 radical (unpaired) electrons. The molecule has 0 bridgehead atoms. The number of nitrogens with zero attached hydrogens (tertiary/aromatic N) is 1. The van der Waals surface area contributed by atoms with Gasteiger partial charge in [-0.05, 0) is 44.9 Å². The Kier molecular flexibility index (Phi) is 4.98. The van der Waals surface area contributed by atoms with Gasteiger partial charge in [-0.1, -0.05) is 18.2 Å². The van der Waals surface area contributed by atoms with Gasteiger partial charge in [-0.2, -0.15) is 0 Å². The van der Waals surface area contributed by atoms with Crippen LogP contribution in [-0.2, 0) is 11.2 Å². The predicted molar refractivity (Wildman–Crippen MR) is 87.7 cm³/mol. The van der Waals surface area contributed by atoms with Crippen molar-refractivity contribution < 1.29 is 9.53 Å². The van der Waals surface area contributed by atoms with Crippen LogP contribution in [-0.4, -0.2) is 29.3 Å². The Morgan fingerprint density at radius 2 is 2.14 bits per heavy atom. The lowest BCUT2D eigenvalue weighted by Gasteiger charge is -2.20. The second-order valence-electron chi connectivity index (χ2n) is 6.38. The number of alkyl carbamates (subject to hydrolysis) is 1. The molecule has 0 saturated carbocycles. The van der Waals surface area contributed by atoms with Crippen LogP contribution in [0.3, 0.4) is 0 Å². The van der Waals surface area contributed by atoms with Crippen molar-refractivity contribution >= 4 is 17.0 Å². The van der Waals surface area contributed by atoms with Gasteiger partial charge >= 0.3 is 6.09 Å². The third kappa shape index (κ3) is 5.00. The van der Waals surface area contributed by atoms with E-state index >= 15 is 0 Å². The lowest BCUT2D eigenvalue weighted by Crippen LogP contribution is -2.41. The molecule has 0 aliphatic rings. The Morgan fingerprint density at radius 1 is 1.36 bits per heavy atom. The van der Waals surface area contributed by atoms with E-state index in [1.54, 1.807) is 6.20 Å². The first-order chi connectivity index (χ1) is 10.3. The first-order valence-electron chi connectivity index (χ1n) is 7.39. The third-order valence-electron chi connectivity index (χ3n) is 3.08. The highest BCUT2D eigenvalue weighted by Gasteiger charge is 2.16. The number of carbonyl (C=O) groups excluding carboxylic acids is 1. The average molecular weight is 301 g/mol. The van der Waals surface area contributed by atoms with Crippen molar-refractivity contribution in [1.29, 1.82) is 0 Å². The van der Waals surface area contributed by atoms with Crippen LogP contribution in [0.25, 0.3) is 10.9 Å². The third-order valence-corrected chi connectivity index (χ3v) is 3.08. The molecule has 1 aromatic carbocycles. The van der Waals surface area contributed by atoms with Crippen LogP contribution in [0.15, 0.2) is 36.5 Å². The van der Waals surface area contributed by atoms with Crippen molar-refractivity contribution in [3.05, 3.63) is 42.1 Å². The average Bonchev–Trinajstić information content (AvgIpc) is 2.43. The molecule has 5 heteroatoms. The van der Waals surface area contributed by atoms with E-state index in [0.29, 0.717) is 13.0 Å². The molecule has 3 N–H and O–H groups in total. The van der Waals surface area contributed by atoms with Crippen molar-refractivity contribution in [2.75, 3.05) is 6.54 Å². The van der Waals surface area contributed by atoms with E-state index in [-0.39, 0.29) is 6.04 Å². The fourth-order valence-electron chi connectivity index (χ4n) is 2.14. The number of aromatic nitrogens is 1. The van der Waals surface area contributed by atoms with Crippen LogP contribution in [0.4, 0.5) is 4.79 Å². The molecule has 1 heterocycles.